The van der Waals surface area contributed by atoms with E-state index in [0.29, 0.717) is 28.9 Å². The third-order valence-electron chi connectivity index (χ3n) is 9.17. The largest absolute Gasteiger partial charge is 0.436 e. The first-order valence-corrected chi connectivity index (χ1v) is 17.3. The van der Waals surface area contributed by atoms with Crippen molar-refractivity contribution in [3.05, 3.63) is 158 Å². The number of fused-ring (bicyclic) bond motifs is 5. The van der Waals surface area contributed by atoms with Crippen LogP contribution in [-0.4, -0.2) is 19.9 Å². The van der Waals surface area contributed by atoms with Crippen molar-refractivity contribution in [2.24, 2.45) is 0 Å². The first-order valence-electron chi connectivity index (χ1n) is 16.5. The number of rotatable bonds is 5. The number of hydrogen-bond acceptors (Lipinski definition) is 6. The first-order chi connectivity index (χ1) is 24.8. The van der Waals surface area contributed by atoms with E-state index in [1.807, 2.05) is 42.5 Å². The maximum absolute atomic E-state index is 6.50. The van der Waals surface area contributed by atoms with Crippen molar-refractivity contribution in [1.82, 2.24) is 19.9 Å². The highest BCUT2D eigenvalue weighted by Crippen LogP contribution is 2.45. The van der Waals surface area contributed by atoms with Crippen LogP contribution in [0.2, 0.25) is 0 Å². The molecule has 3 heterocycles. The van der Waals surface area contributed by atoms with Crippen LogP contribution >= 0.6 is 11.3 Å². The van der Waals surface area contributed by atoms with E-state index in [1.54, 1.807) is 11.3 Å². The maximum Gasteiger partial charge on any atom is 0.227 e. The van der Waals surface area contributed by atoms with Crippen molar-refractivity contribution in [3.8, 4) is 56.7 Å². The van der Waals surface area contributed by atoms with E-state index in [1.165, 1.54) is 4.70 Å². The van der Waals surface area contributed by atoms with Gasteiger partial charge in [0.1, 0.15) is 5.52 Å². The van der Waals surface area contributed by atoms with Gasteiger partial charge in [0.2, 0.25) is 5.89 Å². The van der Waals surface area contributed by atoms with Crippen LogP contribution in [-0.2, 0) is 0 Å². The minimum Gasteiger partial charge on any atom is -0.436 e. The van der Waals surface area contributed by atoms with E-state index in [2.05, 4.69) is 115 Å². The van der Waals surface area contributed by atoms with E-state index in [4.69, 9.17) is 24.4 Å². The number of nitrogens with zero attached hydrogens (tertiary/aromatic N) is 4. The highest BCUT2D eigenvalue weighted by atomic mass is 32.1. The minimum absolute atomic E-state index is 0.549. The third kappa shape index (κ3) is 4.77. The van der Waals surface area contributed by atoms with Crippen molar-refractivity contribution in [3.63, 3.8) is 0 Å². The molecule has 6 heteroatoms. The molecule has 0 aliphatic heterocycles. The van der Waals surface area contributed by atoms with Crippen LogP contribution in [0.4, 0.5) is 0 Å². The van der Waals surface area contributed by atoms with Crippen molar-refractivity contribution in [2.75, 3.05) is 0 Å². The Labute approximate surface area is 291 Å². The van der Waals surface area contributed by atoms with Crippen LogP contribution in [0, 0.1) is 0 Å². The predicted octanol–water partition coefficient (Wildman–Crippen LogP) is 11.9. The molecule has 0 N–H and O–H groups in total. The molecule has 0 spiro atoms. The topological polar surface area (TPSA) is 64.7 Å². The highest BCUT2D eigenvalue weighted by Gasteiger charge is 2.24. The van der Waals surface area contributed by atoms with E-state index in [9.17, 15) is 0 Å². The van der Waals surface area contributed by atoms with Crippen LogP contribution in [0.15, 0.2) is 162 Å². The lowest BCUT2D eigenvalue weighted by molar-refractivity contribution is 0.620. The van der Waals surface area contributed by atoms with Crippen LogP contribution in [0.5, 0.6) is 0 Å². The molecule has 3 aromatic heterocycles. The molecule has 0 radical (unpaired) electrons. The molecule has 50 heavy (non-hydrogen) atoms. The van der Waals surface area contributed by atoms with Gasteiger partial charge in [0, 0.05) is 42.9 Å². The molecule has 10 aromatic rings. The fraction of sp³-hybridized carbons (Fsp3) is 0. The van der Waals surface area contributed by atoms with Crippen molar-refractivity contribution < 1.29 is 4.42 Å². The Balaban J connectivity index is 1.31. The molecule has 7 aromatic carbocycles. The van der Waals surface area contributed by atoms with E-state index >= 15 is 0 Å². The zero-order valence-electron chi connectivity index (χ0n) is 26.6. The molecule has 0 atom stereocenters. The van der Waals surface area contributed by atoms with Gasteiger partial charge in [0.25, 0.3) is 0 Å². The Morgan fingerprint density at radius 2 is 1.10 bits per heavy atom. The summed E-state index contributed by atoms with van der Waals surface area (Å²) in [6.45, 7) is 0. The minimum atomic E-state index is 0.549. The first kappa shape index (κ1) is 28.5. The SMILES string of the molecule is c1ccc(-c2nc3c(-c4nc(-c5ccc6ccccc6c5)nc(-c5ccccc5-c5ccccc5)n4)c4c(cc3o2)sc2ccccc24)cc1. The van der Waals surface area contributed by atoms with Gasteiger partial charge >= 0.3 is 0 Å². The number of aromatic nitrogens is 4. The van der Waals surface area contributed by atoms with Crippen LogP contribution < -0.4 is 0 Å². The molecular weight excluding hydrogens is 633 g/mol. The van der Waals surface area contributed by atoms with Gasteiger partial charge in [-0.2, -0.15) is 0 Å². The number of hydrogen-bond donors (Lipinski definition) is 0. The summed E-state index contributed by atoms with van der Waals surface area (Å²) in [5.74, 6) is 2.29. The zero-order chi connectivity index (χ0) is 33.0. The van der Waals surface area contributed by atoms with Crippen LogP contribution in [0.1, 0.15) is 0 Å². The van der Waals surface area contributed by atoms with Gasteiger partial charge < -0.3 is 4.42 Å². The van der Waals surface area contributed by atoms with Gasteiger partial charge in [0.05, 0.1) is 5.56 Å². The van der Waals surface area contributed by atoms with E-state index in [0.717, 1.165) is 65.1 Å². The fourth-order valence-electron chi connectivity index (χ4n) is 6.81. The quantitative estimate of drug-likeness (QED) is 0.184. The molecule has 0 aliphatic carbocycles. The number of oxazole rings is 1. The second-order valence-corrected chi connectivity index (χ2v) is 13.3. The van der Waals surface area contributed by atoms with E-state index < -0.39 is 0 Å². The van der Waals surface area contributed by atoms with E-state index in [-0.39, 0.29) is 0 Å². The lowest BCUT2D eigenvalue weighted by atomic mass is 9.99. The summed E-state index contributed by atoms with van der Waals surface area (Å²) < 4.78 is 8.76. The molecule has 0 fully saturated rings. The molecule has 0 bridgehead atoms. The lowest BCUT2D eigenvalue weighted by Crippen LogP contribution is -2.02. The molecule has 0 saturated carbocycles. The van der Waals surface area contributed by atoms with Gasteiger partial charge in [0.15, 0.2) is 23.1 Å². The molecule has 10 rings (SSSR count). The summed E-state index contributed by atoms with van der Waals surface area (Å²) in [5, 5.41) is 4.47. The monoisotopic (exact) mass is 658 g/mol. The van der Waals surface area contributed by atoms with Gasteiger partial charge in [-0.25, -0.2) is 19.9 Å². The molecular formula is C44H26N4OS. The summed E-state index contributed by atoms with van der Waals surface area (Å²) in [6, 6.07) is 54.0. The van der Waals surface area contributed by atoms with Gasteiger partial charge in [-0.05, 0) is 46.2 Å². The Morgan fingerprint density at radius 1 is 0.440 bits per heavy atom. The van der Waals surface area contributed by atoms with Gasteiger partial charge in [-0.3, -0.25) is 0 Å². The summed E-state index contributed by atoms with van der Waals surface area (Å²) in [5.41, 5.74) is 7.13. The fourth-order valence-corrected chi connectivity index (χ4v) is 7.95. The molecule has 0 aliphatic rings. The standard InChI is InChI=1S/C44H26N4OS/c1-3-14-28(15-4-1)32-19-9-10-20-33(32)42-46-41(31-24-23-27-13-7-8-18-30(27)25-31)47-43(48-42)39-38-34-21-11-12-22-36(34)50-37(38)26-35-40(39)45-44(49-35)29-16-5-2-6-17-29/h1-26H. The smallest absolute Gasteiger partial charge is 0.227 e. The second-order valence-electron chi connectivity index (χ2n) is 12.2. The van der Waals surface area contributed by atoms with Crippen molar-refractivity contribution in [2.45, 2.75) is 0 Å². The molecule has 5 nitrogen and oxygen atoms in total. The Bertz CT molecular complexity index is 2880. The molecule has 0 unspecified atom stereocenters. The number of thiophene rings is 1. The average Bonchev–Trinajstić information content (AvgIpc) is 3.78. The maximum atomic E-state index is 6.50. The van der Waals surface area contributed by atoms with Crippen molar-refractivity contribution >= 4 is 53.4 Å². The highest BCUT2D eigenvalue weighted by molar-refractivity contribution is 7.26. The summed E-state index contributed by atoms with van der Waals surface area (Å²) in [7, 11) is 0. The van der Waals surface area contributed by atoms with Crippen LogP contribution in [0.25, 0.3) is 98.8 Å². The predicted molar refractivity (Wildman–Crippen MR) is 205 cm³/mol. The normalized spacial score (nSPS) is 11.6. The molecule has 0 saturated heterocycles. The molecule has 0 amide bonds. The van der Waals surface area contributed by atoms with Crippen LogP contribution in [0.3, 0.4) is 0 Å². The Hall–Kier alpha value is -6.50. The van der Waals surface area contributed by atoms with Gasteiger partial charge in [-0.1, -0.05) is 127 Å². The Kier molecular flexibility index (Phi) is 6.60. The molecule has 234 valence electrons. The summed E-state index contributed by atoms with van der Waals surface area (Å²) in [4.78, 5) is 20.9. The summed E-state index contributed by atoms with van der Waals surface area (Å²) in [6.07, 6.45) is 0. The summed E-state index contributed by atoms with van der Waals surface area (Å²) >= 11 is 1.73. The average molecular weight is 659 g/mol. The zero-order valence-corrected chi connectivity index (χ0v) is 27.4. The lowest BCUT2D eigenvalue weighted by Gasteiger charge is -2.13. The van der Waals surface area contributed by atoms with Crippen molar-refractivity contribution in [1.29, 1.82) is 0 Å². The Morgan fingerprint density at radius 3 is 1.94 bits per heavy atom. The number of benzene rings is 7. The van der Waals surface area contributed by atoms with Gasteiger partial charge in [-0.15, -0.1) is 11.3 Å². The third-order valence-corrected chi connectivity index (χ3v) is 10.3. The second kappa shape index (κ2) is 11.6.